The quantitative estimate of drug-likeness (QED) is 0.519. The van der Waals surface area contributed by atoms with Crippen LogP contribution in [0, 0.1) is 0 Å². The number of aryl methyl sites for hydroxylation is 1. The number of hydrogen-bond donors (Lipinski definition) is 0. The maximum absolute atomic E-state index is 10.8. The van der Waals surface area contributed by atoms with Crippen LogP contribution < -0.4 is 0 Å². The molecular weight excluding hydrogens is 200 g/mol. The van der Waals surface area contributed by atoms with E-state index in [1.54, 1.807) is 12.1 Å². The van der Waals surface area contributed by atoms with Gasteiger partial charge < -0.3 is 0 Å². The van der Waals surface area contributed by atoms with Gasteiger partial charge in [-0.05, 0) is 24.5 Å². The van der Waals surface area contributed by atoms with E-state index in [1.165, 1.54) is 19.3 Å². The van der Waals surface area contributed by atoms with Crippen molar-refractivity contribution >= 4 is 12.6 Å². The van der Waals surface area contributed by atoms with Crippen LogP contribution in [0.5, 0.6) is 0 Å². The van der Waals surface area contributed by atoms with Gasteiger partial charge >= 0.3 is 0 Å². The molecule has 0 fully saturated rings. The highest BCUT2D eigenvalue weighted by Gasteiger charge is 2.02. The monoisotopic (exact) mass is 218 g/mol. The molecule has 86 valence electrons. The van der Waals surface area contributed by atoms with Gasteiger partial charge in [-0.2, -0.15) is 0 Å². The summed E-state index contributed by atoms with van der Waals surface area (Å²) in [6, 6.07) is 5.24. The molecule has 0 heterocycles. The molecule has 0 saturated carbocycles. The third kappa shape index (κ3) is 3.61. The van der Waals surface area contributed by atoms with E-state index >= 15 is 0 Å². The Labute approximate surface area is 96.7 Å². The molecule has 0 aliphatic heterocycles. The van der Waals surface area contributed by atoms with Crippen LogP contribution in [-0.2, 0) is 6.42 Å². The molecule has 1 aromatic carbocycles. The molecule has 2 nitrogen and oxygen atoms in total. The van der Waals surface area contributed by atoms with Crippen molar-refractivity contribution in [2.24, 2.45) is 0 Å². The Bertz CT molecular complexity index is 356. The van der Waals surface area contributed by atoms with Gasteiger partial charge in [0.1, 0.15) is 12.6 Å². The van der Waals surface area contributed by atoms with E-state index in [-0.39, 0.29) is 0 Å². The molecule has 0 aromatic heterocycles. The van der Waals surface area contributed by atoms with E-state index in [4.69, 9.17) is 0 Å². The van der Waals surface area contributed by atoms with Crippen molar-refractivity contribution in [3.05, 3.63) is 34.9 Å². The highest BCUT2D eigenvalue weighted by atomic mass is 16.1. The fourth-order valence-electron chi connectivity index (χ4n) is 1.77. The smallest absolute Gasteiger partial charge is 0.150 e. The Morgan fingerprint density at radius 3 is 2.50 bits per heavy atom. The number of aldehydes is 2. The highest BCUT2D eigenvalue weighted by molar-refractivity contribution is 5.81. The molecule has 1 aromatic rings. The average Bonchev–Trinajstić information content (AvgIpc) is 2.34. The van der Waals surface area contributed by atoms with Gasteiger partial charge in [0.25, 0.3) is 0 Å². The summed E-state index contributed by atoms with van der Waals surface area (Å²) >= 11 is 0. The summed E-state index contributed by atoms with van der Waals surface area (Å²) < 4.78 is 0. The van der Waals surface area contributed by atoms with Crippen molar-refractivity contribution in [1.82, 2.24) is 0 Å². The fourth-order valence-corrected chi connectivity index (χ4v) is 1.77. The first kappa shape index (κ1) is 12.6. The SMILES string of the molecule is CCCCCCc1cc(C=O)ccc1C=O. The van der Waals surface area contributed by atoms with Crippen LogP contribution in [0.1, 0.15) is 58.9 Å². The Kier molecular flexibility index (Phi) is 5.48. The number of hydrogen-bond acceptors (Lipinski definition) is 2. The molecule has 0 aliphatic rings. The minimum absolute atomic E-state index is 0.649. The second-order valence-electron chi connectivity index (χ2n) is 4.00. The molecule has 0 spiro atoms. The lowest BCUT2D eigenvalue weighted by molar-refractivity contribution is 0.111. The van der Waals surface area contributed by atoms with Crippen molar-refractivity contribution in [2.45, 2.75) is 39.0 Å². The Balaban J connectivity index is 2.67. The fraction of sp³-hybridized carbons (Fsp3) is 0.429. The molecule has 0 bridgehead atoms. The lowest BCUT2D eigenvalue weighted by atomic mass is 9.99. The van der Waals surface area contributed by atoms with E-state index < -0.39 is 0 Å². The van der Waals surface area contributed by atoms with Gasteiger partial charge in [0.2, 0.25) is 0 Å². The van der Waals surface area contributed by atoms with E-state index in [0.717, 1.165) is 31.0 Å². The van der Waals surface area contributed by atoms with Crippen molar-refractivity contribution in [2.75, 3.05) is 0 Å². The van der Waals surface area contributed by atoms with Crippen molar-refractivity contribution in [1.29, 1.82) is 0 Å². The summed E-state index contributed by atoms with van der Waals surface area (Å²) in [5.74, 6) is 0. The molecule has 1 rings (SSSR count). The van der Waals surface area contributed by atoms with Gasteiger partial charge in [-0.15, -0.1) is 0 Å². The van der Waals surface area contributed by atoms with Gasteiger partial charge in [-0.1, -0.05) is 38.3 Å². The summed E-state index contributed by atoms with van der Waals surface area (Å²) in [6.07, 6.45) is 7.26. The summed E-state index contributed by atoms with van der Waals surface area (Å²) in [5.41, 5.74) is 2.36. The van der Waals surface area contributed by atoms with Crippen LogP contribution in [0.2, 0.25) is 0 Å². The third-order valence-electron chi connectivity index (χ3n) is 2.73. The predicted molar refractivity (Wildman–Crippen MR) is 65.1 cm³/mol. The van der Waals surface area contributed by atoms with Crippen LogP contribution in [0.3, 0.4) is 0 Å². The minimum Gasteiger partial charge on any atom is -0.298 e. The van der Waals surface area contributed by atoms with E-state index in [0.29, 0.717) is 11.1 Å². The molecule has 0 amide bonds. The first-order chi connectivity index (χ1) is 7.81. The number of carbonyl (C=O) groups is 2. The standard InChI is InChI=1S/C14H18O2/c1-2-3-4-5-6-13-9-12(10-15)7-8-14(13)11-16/h7-11H,2-6H2,1H3. The zero-order valence-electron chi connectivity index (χ0n) is 9.74. The Morgan fingerprint density at radius 2 is 1.88 bits per heavy atom. The maximum Gasteiger partial charge on any atom is 0.150 e. The van der Waals surface area contributed by atoms with E-state index in [2.05, 4.69) is 6.92 Å². The average molecular weight is 218 g/mol. The van der Waals surface area contributed by atoms with Crippen LogP contribution >= 0.6 is 0 Å². The van der Waals surface area contributed by atoms with Gasteiger partial charge in [0.05, 0.1) is 0 Å². The maximum atomic E-state index is 10.8. The van der Waals surface area contributed by atoms with Crippen molar-refractivity contribution in [3.63, 3.8) is 0 Å². The first-order valence-corrected chi connectivity index (χ1v) is 5.85. The number of unbranched alkanes of at least 4 members (excludes halogenated alkanes) is 3. The van der Waals surface area contributed by atoms with Gasteiger partial charge in [0.15, 0.2) is 0 Å². The van der Waals surface area contributed by atoms with E-state index in [1.807, 2.05) is 6.07 Å². The largest absolute Gasteiger partial charge is 0.298 e. The first-order valence-electron chi connectivity index (χ1n) is 5.85. The zero-order valence-corrected chi connectivity index (χ0v) is 9.74. The lowest BCUT2D eigenvalue weighted by Gasteiger charge is -2.05. The summed E-state index contributed by atoms with van der Waals surface area (Å²) in [7, 11) is 0. The van der Waals surface area contributed by atoms with Crippen LogP contribution in [0.4, 0.5) is 0 Å². The second-order valence-corrected chi connectivity index (χ2v) is 4.00. The van der Waals surface area contributed by atoms with E-state index in [9.17, 15) is 9.59 Å². The van der Waals surface area contributed by atoms with Crippen LogP contribution in [-0.4, -0.2) is 12.6 Å². The zero-order chi connectivity index (χ0) is 11.8. The van der Waals surface area contributed by atoms with Crippen molar-refractivity contribution < 1.29 is 9.59 Å². The van der Waals surface area contributed by atoms with Crippen LogP contribution in [0.15, 0.2) is 18.2 Å². The summed E-state index contributed by atoms with van der Waals surface area (Å²) in [6.45, 7) is 2.17. The molecule has 16 heavy (non-hydrogen) atoms. The molecular formula is C14H18O2. The predicted octanol–water partition coefficient (Wildman–Crippen LogP) is 3.43. The second kappa shape index (κ2) is 6.94. The van der Waals surface area contributed by atoms with Gasteiger partial charge in [-0.3, -0.25) is 9.59 Å². The molecule has 0 N–H and O–H groups in total. The molecule has 0 aliphatic carbocycles. The van der Waals surface area contributed by atoms with Gasteiger partial charge in [0, 0.05) is 11.1 Å². The van der Waals surface area contributed by atoms with Gasteiger partial charge in [-0.25, -0.2) is 0 Å². The Hall–Kier alpha value is -1.44. The van der Waals surface area contributed by atoms with Crippen LogP contribution in [0.25, 0.3) is 0 Å². The number of rotatable bonds is 7. The normalized spacial score (nSPS) is 10.1. The molecule has 0 atom stereocenters. The summed E-state index contributed by atoms with van der Waals surface area (Å²) in [5, 5.41) is 0. The topological polar surface area (TPSA) is 34.1 Å². The highest BCUT2D eigenvalue weighted by Crippen LogP contribution is 2.13. The molecule has 0 unspecified atom stereocenters. The minimum atomic E-state index is 0.649. The van der Waals surface area contributed by atoms with Crippen molar-refractivity contribution in [3.8, 4) is 0 Å². The third-order valence-corrected chi connectivity index (χ3v) is 2.73. The number of benzene rings is 1. The molecule has 2 heteroatoms. The summed E-state index contributed by atoms with van der Waals surface area (Å²) in [4.78, 5) is 21.5. The molecule has 0 saturated heterocycles. The Morgan fingerprint density at radius 1 is 1.06 bits per heavy atom. The number of carbonyl (C=O) groups excluding carboxylic acids is 2. The lowest BCUT2D eigenvalue weighted by Crippen LogP contribution is -1.95. The molecule has 0 radical (unpaired) electrons.